The van der Waals surface area contributed by atoms with E-state index in [0.717, 1.165) is 10.1 Å². The molecule has 92 valence electrons. The summed E-state index contributed by atoms with van der Waals surface area (Å²) in [6.45, 7) is 0. The summed E-state index contributed by atoms with van der Waals surface area (Å²) in [5.74, 6) is -0.349. The van der Waals surface area contributed by atoms with Gasteiger partial charge in [0.05, 0.1) is 14.2 Å². The molecule has 0 radical (unpaired) electrons. The summed E-state index contributed by atoms with van der Waals surface area (Å²) in [6, 6.07) is 0. The Balaban J connectivity index is 3.86. The standard InChI is InChI=1S/C10H18N2O4/c1-11(15-3)9(13)7-5-6-8-10(14)12(2)16-4/h5-6H,7-8H2,1-4H3/b6-5+. The van der Waals surface area contributed by atoms with Crippen molar-refractivity contribution in [2.75, 3.05) is 28.3 Å². The summed E-state index contributed by atoms with van der Waals surface area (Å²) < 4.78 is 0. The summed E-state index contributed by atoms with van der Waals surface area (Å²) in [5, 5.41) is 2.26. The summed E-state index contributed by atoms with van der Waals surface area (Å²) >= 11 is 0. The van der Waals surface area contributed by atoms with Crippen LogP contribution < -0.4 is 0 Å². The van der Waals surface area contributed by atoms with Crippen LogP contribution in [0, 0.1) is 0 Å². The van der Waals surface area contributed by atoms with Gasteiger partial charge in [0.1, 0.15) is 0 Å². The predicted octanol–water partition coefficient (Wildman–Crippen LogP) is 0.362. The van der Waals surface area contributed by atoms with Gasteiger partial charge < -0.3 is 0 Å². The highest BCUT2D eigenvalue weighted by atomic mass is 16.7. The Morgan fingerprint density at radius 2 is 1.25 bits per heavy atom. The molecule has 0 bridgehead atoms. The molecule has 0 rings (SSSR count). The normalized spacial score (nSPS) is 10.5. The van der Waals surface area contributed by atoms with Crippen molar-refractivity contribution in [1.82, 2.24) is 10.1 Å². The van der Waals surface area contributed by atoms with E-state index in [1.54, 1.807) is 12.2 Å². The predicted molar refractivity (Wildman–Crippen MR) is 57.9 cm³/mol. The van der Waals surface area contributed by atoms with Crippen LogP contribution in [0.4, 0.5) is 0 Å². The second-order valence-electron chi connectivity index (χ2n) is 3.03. The third-order valence-corrected chi connectivity index (χ3v) is 2.00. The molecule has 0 unspecified atom stereocenters. The summed E-state index contributed by atoms with van der Waals surface area (Å²) in [4.78, 5) is 31.9. The van der Waals surface area contributed by atoms with E-state index in [4.69, 9.17) is 9.68 Å². The number of carbonyl (C=O) groups is 2. The zero-order valence-electron chi connectivity index (χ0n) is 10.1. The molecular weight excluding hydrogens is 212 g/mol. The van der Waals surface area contributed by atoms with Crippen molar-refractivity contribution in [3.05, 3.63) is 12.2 Å². The first-order valence-electron chi connectivity index (χ1n) is 4.79. The molecule has 0 atom stereocenters. The van der Waals surface area contributed by atoms with Gasteiger partial charge in [0.15, 0.2) is 0 Å². The molecule has 0 aromatic carbocycles. The molecule has 0 aliphatic rings. The van der Waals surface area contributed by atoms with Crippen LogP contribution >= 0.6 is 0 Å². The number of nitrogens with zero attached hydrogens (tertiary/aromatic N) is 2. The molecule has 0 aromatic rings. The van der Waals surface area contributed by atoms with Gasteiger partial charge in [0.25, 0.3) is 0 Å². The lowest BCUT2D eigenvalue weighted by Crippen LogP contribution is -2.25. The van der Waals surface area contributed by atoms with E-state index in [-0.39, 0.29) is 24.7 Å². The maximum atomic E-state index is 11.2. The van der Waals surface area contributed by atoms with Crippen LogP contribution in [0.3, 0.4) is 0 Å². The number of rotatable bonds is 6. The van der Waals surface area contributed by atoms with Gasteiger partial charge in [-0.05, 0) is 0 Å². The maximum Gasteiger partial charge on any atom is 0.249 e. The molecule has 0 saturated heterocycles. The molecule has 0 spiro atoms. The molecule has 0 heterocycles. The van der Waals surface area contributed by atoms with Crippen LogP contribution in [-0.2, 0) is 19.3 Å². The topological polar surface area (TPSA) is 59.1 Å². The van der Waals surface area contributed by atoms with E-state index in [2.05, 4.69) is 0 Å². The summed E-state index contributed by atoms with van der Waals surface area (Å²) in [7, 11) is 5.89. The Morgan fingerprint density at radius 1 is 0.938 bits per heavy atom. The van der Waals surface area contributed by atoms with Gasteiger partial charge in [-0.3, -0.25) is 19.3 Å². The van der Waals surface area contributed by atoms with E-state index in [1.807, 2.05) is 0 Å². The van der Waals surface area contributed by atoms with Crippen molar-refractivity contribution in [3.8, 4) is 0 Å². The lowest BCUT2D eigenvalue weighted by atomic mass is 10.3. The Kier molecular flexibility index (Phi) is 7.15. The summed E-state index contributed by atoms with van der Waals surface area (Å²) in [5.41, 5.74) is 0. The molecule has 0 fully saturated rings. The molecular formula is C10H18N2O4. The smallest absolute Gasteiger partial charge is 0.249 e. The number of hydrogen-bond acceptors (Lipinski definition) is 4. The van der Waals surface area contributed by atoms with Gasteiger partial charge in [0, 0.05) is 26.9 Å². The molecule has 0 aliphatic heterocycles. The quantitative estimate of drug-likeness (QED) is 0.488. The van der Waals surface area contributed by atoms with E-state index in [1.165, 1.54) is 28.3 Å². The van der Waals surface area contributed by atoms with Gasteiger partial charge >= 0.3 is 0 Å². The van der Waals surface area contributed by atoms with Gasteiger partial charge in [-0.1, -0.05) is 12.2 Å². The Labute approximate surface area is 95.3 Å². The van der Waals surface area contributed by atoms with Crippen molar-refractivity contribution >= 4 is 11.8 Å². The van der Waals surface area contributed by atoms with Crippen LogP contribution in [0.2, 0.25) is 0 Å². The van der Waals surface area contributed by atoms with E-state index in [0.29, 0.717) is 0 Å². The molecule has 6 nitrogen and oxygen atoms in total. The minimum Gasteiger partial charge on any atom is -0.275 e. The van der Waals surface area contributed by atoms with Crippen molar-refractivity contribution in [2.45, 2.75) is 12.8 Å². The summed E-state index contributed by atoms with van der Waals surface area (Å²) in [6.07, 6.45) is 3.65. The Morgan fingerprint density at radius 3 is 1.50 bits per heavy atom. The minimum absolute atomic E-state index is 0.175. The van der Waals surface area contributed by atoms with E-state index in [9.17, 15) is 9.59 Å². The fourth-order valence-corrected chi connectivity index (χ4v) is 0.829. The van der Waals surface area contributed by atoms with Gasteiger partial charge in [0.2, 0.25) is 11.8 Å². The second kappa shape index (κ2) is 7.84. The Hall–Kier alpha value is -1.40. The first-order chi connectivity index (χ1) is 7.52. The zero-order valence-corrected chi connectivity index (χ0v) is 10.1. The van der Waals surface area contributed by atoms with Gasteiger partial charge in [-0.2, -0.15) is 0 Å². The van der Waals surface area contributed by atoms with Crippen LogP contribution in [0.1, 0.15) is 12.8 Å². The highest BCUT2D eigenvalue weighted by molar-refractivity contribution is 5.78. The van der Waals surface area contributed by atoms with Crippen molar-refractivity contribution in [2.24, 2.45) is 0 Å². The minimum atomic E-state index is -0.175. The fraction of sp³-hybridized carbons (Fsp3) is 0.600. The van der Waals surface area contributed by atoms with Crippen molar-refractivity contribution < 1.29 is 19.3 Å². The number of hydroxylamine groups is 4. The van der Waals surface area contributed by atoms with Crippen LogP contribution in [0.15, 0.2) is 12.2 Å². The molecule has 0 aliphatic carbocycles. The lowest BCUT2D eigenvalue weighted by molar-refractivity contribution is -0.168. The molecule has 16 heavy (non-hydrogen) atoms. The van der Waals surface area contributed by atoms with Gasteiger partial charge in [-0.25, -0.2) is 10.1 Å². The first kappa shape index (κ1) is 14.6. The van der Waals surface area contributed by atoms with Crippen LogP contribution in [0.5, 0.6) is 0 Å². The zero-order chi connectivity index (χ0) is 12.6. The first-order valence-corrected chi connectivity index (χ1v) is 4.79. The molecule has 2 amide bonds. The SMILES string of the molecule is CON(C)C(=O)C/C=C/CC(=O)N(C)OC. The monoisotopic (exact) mass is 230 g/mol. The molecule has 6 heteroatoms. The van der Waals surface area contributed by atoms with Crippen molar-refractivity contribution in [1.29, 1.82) is 0 Å². The largest absolute Gasteiger partial charge is 0.275 e. The van der Waals surface area contributed by atoms with Gasteiger partial charge in [-0.15, -0.1) is 0 Å². The molecule has 0 saturated carbocycles. The van der Waals surface area contributed by atoms with E-state index < -0.39 is 0 Å². The fourth-order valence-electron chi connectivity index (χ4n) is 0.829. The number of amides is 2. The highest BCUT2D eigenvalue weighted by Gasteiger charge is 2.06. The second-order valence-corrected chi connectivity index (χ2v) is 3.03. The third kappa shape index (κ3) is 5.47. The number of hydrogen-bond donors (Lipinski definition) is 0. The van der Waals surface area contributed by atoms with Crippen LogP contribution in [-0.4, -0.2) is 50.3 Å². The molecule has 0 aromatic heterocycles. The van der Waals surface area contributed by atoms with E-state index >= 15 is 0 Å². The maximum absolute atomic E-state index is 11.2. The Bertz CT molecular complexity index is 240. The average molecular weight is 230 g/mol. The van der Waals surface area contributed by atoms with Crippen molar-refractivity contribution in [3.63, 3.8) is 0 Å². The third-order valence-electron chi connectivity index (χ3n) is 2.00. The number of carbonyl (C=O) groups excluding carboxylic acids is 2. The molecule has 0 N–H and O–H groups in total. The highest BCUT2D eigenvalue weighted by Crippen LogP contribution is 1.96. The van der Waals surface area contributed by atoms with Crippen LogP contribution in [0.25, 0.3) is 0 Å². The lowest BCUT2D eigenvalue weighted by Gasteiger charge is -2.12. The average Bonchev–Trinajstić information content (AvgIpc) is 2.31.